The number of rotatable bonds is 5. The predicted octanol–water partition coefficient (Wildman–Crippen LogP) is 3.99. The van der Waals surface area contributed by atoms with Crippen LogP contribution in [-0.4, -0.2) is 5.11 Å². The summed E-state index contributed by atoms with van der Waals surface area (Å²) in [5, 5.41) is 10.3. The molecule has 2 unspecified atom stereocenters. The molecule has 0 spiro atoms. The van der Waals surface area contributed by atoms with Gasteiger partial charge in [0.2, 0.25) is 0 Å². The van der Waals surface area contributed by atoms with Gasteiger partial charge < -0.3 is 5.11 Å². The minimum atomic E-state index is -0.366. The second kappa shape index (κ2) is 6.36. The summed E-state index contributed by atoms with van der Waals surface area (Å²) in [5.74, 6) is 0.271. The highest BCUT2D eigenvalue weighted by Gasteiger charge is 2.15. The molecule has 1 nitrogen and oxygen atoms in total. The van der Waals surface area contributed by atoms with Gasteiger partial charge in [0.05, 0.1) is 6.10 Å². The molecule has 0 saturated carbocycles. The standard InChI is InChI=1S/C17H20O/c1-14(12-13-15-8-4-2-5-9-15)17(18)16-10-6-3-7-11-16/h2-11,14,17-18H,12-13H2,1H3. The molecular formula is C17H20O. The van der Waals surface area contributed by atoms with E-state index in [9.17, 15) is 5.11 Å². The average molecular weight is 240 g/mol. The van der Waals surface area contributed by atoms with Crippen LogP contribution in [0.3, 0.4) is 0 Å². The van der Waals surface area contributed by atoms with Crippen LogP contribution in [0.15, 0.2) is 60.7 Å². The molecule has 2 rings (SSSR count). The molecule has 0 fully saturated rings. The second-order valence-electron chi connectivity index (χ2n) is 4.86. The Morgan fingerprint density at radius 1 is 0.889 bits per heavy atom. The first-order chi connectivity index (χ1) is 8.77. The highest BCUT2D eigenvalue weighted by Crippen LogP contribution is 2.25. The van der Waals surface area contributed by atoms with Crippen molar-refractivity contribution in [1.29, 1.82) is 0 Å². The Morgan fingerprint density at radius 3 is 2.06 bits per heavy atom. The van der Waals surface area contributed by atoms with E-state index in [1.807, 2.05) is 36.4 Å². The largest absolute Gasteiger partial charge is 0.388 e. The van der Waals surface area contributed by atoms with E-state index in [1.165, 1.54) is 5.56 Å². The summed E-state index contributed by atoms with van der Waals surface area (Å²) < 4.78 is 0. The highest BCUT2D eigenvalue weighted by molar-refractivity contribution is 5.18. The molecule has 2 aromatic rings. The maximum absolute atomic E-state index is 10.3. The average Bonchev–Trinajstić information content (AvgIpc) is 2.46. The fourth-order valence-corrected chi connectivity index (χ4v) is 2.18. The molecule has 0 heterocycles. The molecule has 1 N–H and O–H groups in total. The van der Waals surface area contributed by atoms with E-state index in [4.69, 9.17) is 0 Å². The van der Waals surface area contributed by atoms with Gasteiger partial charge in [0.1, 0.15) is 0 Å². The Morgan fingerprint density at radius 2 is 1.44 bits per heavy atom. The van der Waals surface area contributed by atoms with Crippen LogP contribution in [0, 0.1) is 5.92 Å². The summed E-state index contributed by atoms with van der Waals surface area (Å²) in [6, 6.07) is 20.3. The SMILES string of the molecule is CC(CCc1ccccc1)C(O)c1ccccc1. The van der Waals surface area contributed by atoms with Gasteiger partial charge in [-0.05, 0) is 29.9 Å². The molecule has 0 saturated heterocycles. The maximum atomic E-state index is 10.3. The molecule has 2 atom stereocenters. The quantitative estimate of drug-likeness (QED) is 0.838. The van der Waals surface area contributed by atoms with Crippen LogP contribution in [0.2, 0.25) is 0 Å². The van der Waals surface area contributed by atoms with Gasteiger partial charge >= 0.3 is 0 Å². The van der Waals surface area contributed by atoms with Crippen LogP contribution < -0.4 is 0 Å². The van der Waals surface area contributed by atoms with E-state index >= 15 is 0 Å². The van der Waals surface area contributed by atoms with Crippen LogP contribution in [0.4, 0.5) is 0 Å². The number of hydrogen-bond donors (Lipinski definition) is 1. The van der Waals surface area contributed by atoms with E-state index in [0.29, 0.717) is 0 Å². The lowest BCUT2D eigenvalue weighted by Crippen LogP contribution is -2.10. The van der Waals surface area contributed by atoms with E-state index in [1.54, 1.807) is 0 Å². The zero-order chi connectivity index (χ0) is 12.8. The summed E-state index contributed by atoms with van der Waals surface area (Å²) in [6.45, 7) is 2.11. The molecular weight excluding hydrogens is 220 g/mol. The molecule has 2 aromatic carbocycles. The van der Waals surface area contributed by atoms with Gasteiger partial charge in [-0.15, -0.1) is 0 Å². The van der Waals surface area contributed by atoms with Crippen molar-refractivity contribution in [3.8, 4) is 0 Å². The van der Waals surface area contributed by atoms with Gasteiger partial charge in [-0.2, -0.15) is 0 Å². The van der Waals surface area contributed by atoms with Gasteiger partial charge in [-0.1, -0.05) is 67.6 Å². The first kappa shape index (κ1) is 12.8. The van der Waals surface area contributed by atoms with Crippen molar-refractivity contribution in [2.24, 2.45) is 5.92 Å². The first-order valence-electron chi connectivity index (χ1n) is 6.54. The van der Waals surface area contributed by atoms with Crippen LogP contribution in [0.5, 0.6) is 0 Å². The molecule has 0 bridgehead atoms. The highest BCUT2D eigenvalue weighted by atomic mass is 16.3. The smallest absolute Gasteiger partial charge is 0.0815 e. The van der Waals surface area contributed by atoms with Gasteiger partial charge in [-0.3, -0.25) is 0 Å². The van der Waals surface area contributed by atoms with Crippen molar-refractivity contribution in [3.63, 3.8) is 0 Å². The monoisotopic (exact) mass is 240 g/mol. The third-order valence-corrected chi connectivity index (χ3v) is 3.41. The van der Waals surface area contributed by atoms with Gasteiger partial charge in [0.25, 0.3) is 0 Å². The predicted molar refractivity (Wildman–Crippen MR) is 75.3 cm³/mol. The summed E-state index contributed by atoms with van der Waals surface area (Å²) >= 11 is 0. The van der Waals surface area contributed by atoms with Gasteiger partial charge in [0, 0.05) is 0 Å². The first-order valence-corrected chi connectivity index (χ1v) is 6.54. The number of benzene rings is 2. The molecule has 1 heteroatoms. The number of aliphatic hydroxyl groups excluding tert-OH is 1. The molecule has 94 valence electrons. The summed E-state index contributed by atoms with van der Waals surface area (Å²) in [4.78, 5) is 0. The van der Waals surface area contributed by atoms with Crippen LogP contribution >= 0.6 is 0 Å². The summed E-state index contributed by atoms with van der Waals surface area (Å²) in [7, 11) is 0. The Balaban J connectivity index is 1.90. The number of hydrogen-bond acceptors (Lipinski definition) is 1. The third kappa shape index (κ3) is 3.44. The van der Waals surface area contributed by atoms with Crippen LogP contribution in [0.25, 0.3) is 0 Å². The summed E-state index contributed by atoms with van der Waals surface area (Å²) in [5.41, 5.74) is 2.35. The molecule has 0 aliphatic carbocycles. The van der Waals surface area contributed by atoms with Crippen molar-refractivity contribution in [3.05, 3.63) is 71.8 Å². The van der Waals surface area contributed by atoms with Gasteiger partial charge in [0.15, 0.2) is 0 Å². The molecule has 18 heavy (non-hydrogen) atoms. The topological polar surface area (TPSA) is 20.2 Å². The lowest BCUT2D eigenvalue weighted by atomic mass is 9.92. The van der Waals surface area contributed by atoms with Crippen LogP contribution in [-0.2, 0) is 6.42 Å². The third-order valence-electron chi connectivity index (χ3n) is 3.41. The second-order valence-corrected chi connectivity index (χ2v) is 4.86. The maximum Gasteiger partial charge on any atom is 0.0815 e. The lowest BCUT2D eigenvalue weighted by molar-refractivity contribution is 0.113. The van der Waals surface area contributed by atoms with Crippen LogP contribution in [0.1, 0.15) is 30.6 Å². The normalized spacial score (nSPS) is 14.1. The zero-order valence-corrected chi connectivity index (χ0v) is 10.8. The van der Waals surface area contributed by atoms with Crippen molar-refractivity contribution < 1.29 is 5.11 Å². The fraction of sp³-hybridized carbons (Fsp3) is 0.294. The lowest BCUT2D eigenvalue weighted by Gasteiger charge is -2.19. The Bertz CT molecular complexity index is 450. The number of aryl methyl sites for hydroxylation is 1. The van der Waals surface area contributed by atoms with Crippen molar-refractivity contribution >= 4 is 0 Å². The Hall–Kier alpha value is -1.60. The molecule has 0 aliphatic heterocycles. The number of aliphatic hydroxyl groups is 1. The Labute approximate surface area is 109 Å². The molecule has 0 amide bonds. The van der Waals surface area contributed by atoms with E-state index < -0.39 is 0 Å². The fourth-order valence-electron chi connectivity index (χ4n) is 2.18. The van der Waals surface area contributed by atoms with Crippen molar-refractivity contribution in [2.75, 3.05) is 0 Å². The Kier molecular flexibility index (Phi) is 4.54. The van der Waals surface area contributed by atoms with Crippen molar-refractivity contribution in [2.45, 2.75) is 25.9 Å². The summed E-state index contributed by atoms with van der Waals surface area (Å²) in [6.07, 6.45) is 1.65. The zero-order valence-electron chi connectivity index (χ0n) is 10.8. The van der Waals surface area contributed by atoms with E-state index in [-0.39, 0.29) is 12.0 Å². The van der Waals surface area contributed by atoms with E-state index in [0.717, 1.165) is 18.4 Å². The molecule has 0 radical (unpaired) electrons. The van der Waals surface area contributed by atoms with Crippen molar-refractivity contribution in [1.82, 2.24) is 0 Å². The molecule has 0 aliphatic rings. The van der Waals surface area contributed by atoms with E-state index in [2.05, 4.69) is 31.2 Å². The minimum absolute atomic E-state index is 0.271. The molecule has 0 aromatic heterocycles. The van der Waals surface area contributed by atoms with Gasteiger partial charge in [-0.25, -0.2) is 0 Å². The minimum Gasteiger partial charge on any atom is -0.388 e.